The predicted octanol–water partition coefficient (Wildman–Crippen LogP) is 28.5. The van der Waals surface area contributed by atoms with E-state index in [9.17, 15) is 0 Å². The number of furan rings is 2. The number of hydrogen-bond acceptors (Lipinski definition) is 2. The van der Waals surface area contributed by atoms with Gasteiger partial charge in [0.2, 0.25) is 0 Å². The first-order valence-corrected chi connectivity index (χ1v) is 37.7. The fraction of sp³-hybridized carbons (Fsp3) is 0. The Kier molecular flexibility index (Phi) is 13.7. The van der Waals surface area contributed by atoms with E-state index in [0.29, 0.717) is 0 Å². The molecule has 6 heteroatoms. The van der Waals surface area contributed by atoms with Gasteiger partial charge in [-0.15, -0.1) is 0 Å². The summed E-state index contributed by atoms with van der Waals surface area (Å²) in [5, 5.41) is 19.5. The molecule has 24 aromatic rings. The molecule has 0 amide bonds. The van der Waals surface area contributed by atoms with E-state index in [1.807, 2.05) is 24.3 Å². The first-order valence-electron chi connectivity index (χ1n) is 37.7. The molecular weight excluding hydrogens is 1340 g/mol. The smallest absolute Gasteiger partial charge is 0.136 e. The van der Waals surface area contributed by atoms with Crippen molar-refractivity contribution in [3.8, 4) is 67.3 Å². The normalized spacial score (nSPS) is 12.0. The minimum atomic E-state index is 0.907. The molecule has 0 unspecified atom stereocenters. The molecule has 0 aliphatic rings. The number of hydrogen-bond donors (Lipinski definition) is 0. The van der Waals surface area contributed by atoms with Crippen LogP contribution in [0.1, 0.15) is 0 Å². The van der Waals surface area contributed by atoms with E-state index in [1.54, 1.807) is 0 Å². The van der Waals surface area contributed by atoms with Crippen LogP contribution in [0, 0.1) is 0 Å². The Morgan fingerprint density at radius 2 is 0.455 bits per heavy atom. The van der Waals surface area contributed by atoms with Crippen molar-refractivity contribution in [1.29, 1.82) is 0 Å². The summed E-state index contributed by atoms with van der Waals surface area (Å²) in [7, 11) is 0. The van der Waals surface area contributed by atoms with Gasteiger partial charge >= 0.3 is 0 Å². The summed E-state index contributed by atoms with van der Waals surface area (Å²) in [5.41, 5.74) is 27.3. The third-order valence-electron chi connectivity index (χ3n) is 23.0. The van der Waals surface area contributed by atoms with E-state index in [1.165, 1.54) is 159 Å². The summed E-state index contributed by atoms with van der Waals surface area (Å²) in [5.74, 6) is 0. The molecule has 0 aliphatic carbocycles. The van der Waals surface area contributed by atoms with Gasteiger partial charge in [-0.25, -0.2) is 0 Å². The van der Waals surface area contributed by atoms with Crippen LogP contribution in [-0.4, -0.2) is 18.3 Å². The molecule has 110 heavy (non-hydrogen) atoms. The van der Waals surface area contributed by atoms with Gasteiger partial charge in [-0.05, 0) is 212 Å². The molecule has 18 aromatic carbocycles. The van der Waals surface area contributed by atoms with Crippen molar-refractivity contribution in [2.45, 2.75) is 0 Å². The highest BCUT2D eigenvalue weighted by atomic mass is 16.3. The van der Waals surface area contributed by atoms with Crippen LogP contribution in [0.25, 0.3) is 220 Å². The van der Waals surface area contributed by atoms with Crippen LogP contribution < -0.4 is 0 Å². The molecule has 0 fully saturated rings. The third kappa shape index (κ3) is 9.62. The molecule has 0 atom stereocenters. The molecule has 0 spiro atoms. The number of fused-ring (bicyclic) bond motifs is 20. The monoisotopic (exact) mass is 1400 g/mol. The number of aromatic nitrogens is 4. The maximum absolute atomic E-state index is 6.25. The van der Waals surface area contributed by atoms with Crippen molar-refractivity contribution < 1.29 is 8.83 Å². The van der Waals surface area contributed by atoms with Gasteiger partial charge in [-0.2, -0.15) is 0 Å². The van der Waals surface area contributed by atoms with Crippen LogP contribution in [0.3, 0.4) is 0 Å². The number of nitrogens with zero attached hydrogens (tertiary/aromatic N) is 4. The van der Waals surface area contributed by atoms with Gasteiger partial charge in [0.1, 0.15) is 22.3 Å². The first-order chi connectivity index (χ1) is 54.5. The molecule has 0 radical (unpaired) electrons. The summed E-state index contributed by atoms with van der Waals surface area (Å²) >= 11 is 0. The van der Waals surface area contributed by atoms with Crippen molar-refractivity contribution in [2.24, 2.45) is 0 Å². The third-order valence-corrected chi connectivity index (χ3v) is 23.0. The maximum atomic E-state index is 6.25. The standard InChI is InChI=1S/2C52H32N2O/c1-2-12-34-29-39(26-23-33(34)11-1)54-47-20-7-4-16-42(47)45-32-36(25-28-49(45)54)35-24-27-48-44(31-35)41-15-3-6-19-46(41)53(48)38-14-9-13-37(30-38)40-18-10-22-51-52(40)43-17-5-8-21-50(43)55-51;1-2-11-35-30-39(27-20-33(35)10-1)54-47-17-7-4-13-42(47)45-32-37(24-29-49(45)54)36-23-28-48-44(31-36)41-12-3-6-16-46(41)53(48)38-25-21-34(22-26-38)40-15-9-19-51-52(40)43-14-5-8-18-50(43)55-51/h2*1-32H. The lowest BCUT2D eigenvalue weighted by Crippen LogP contribution is -1.94. The summed E-state index contributed by atoms with van der Waals surface area (Å²) < 4.78 is 22.1. The van der Waals surface area contributed by atoms with E-state index in [-0.39, 0.29) is 0 Å². The second-order valence-corrected chi connectivity index (χ2v) is 29.1. The number of rotatable bonds is 8. The maximum Gasteiger partial charge on any atom is 0.136 e. The highest BCUT2D eigenvalue weighted by molar-refractivity contribution is 6.18. The minimum absolute atomic E-state index is 0.907. The molecule has 0 bridgehead atoms. The molecule has 6 heterocycles. The van der Waals surface area contributed by atoms with Gasteiger partial charge in [-0.1, -0.05) is 243 Å². The van der Waals surface area contributed by atoms with Crippen LogP contribution in [0.2, 0.25) is 0 Å². The van der Waals surface area contributed by atoms with Crippen molar-refractivity contribution in [3.05, 3.63) is 388 Å². The minimum Gasteiger partial charge on any atom is -0.456 e. The molecule has 0 saturated heterocycles. The summed E-state index contributed by atoms with van der Waals surface area (Å²) in [6.07, 6.45) is 0. The Balaban J connectivity index is 0.000000132. The Morgan fingerprint density at radius 3 is 0.873 bits per heavy atom. The second kappa shape index (κ2) is 24.4. The highest BCUT2D eigenvalue weighted by Crippen LogP contribution is 2.45. The zero-order valence-corrected chi connectivity index (χ0v) is 59.6. The van der Waals surface area contributed by atoms with Gasteiger partial charge in [0.15, 0.2) is 0 Å². The second-order valence-electron chi connectivity index (χ2n) is 29.1. The first kappa shape index (κ1) is 61.6. The highest BCUT2D eigenvalue weighted by Gasteiger charge is 2.22. The van der Waals surface area contributed by atoms with E-state index >= 15 is 0 Å². The van der Waals surface area contributed by atoms with Crippen molar-refractivity contribution in [1.82, 2.24) is 18.3 Å². The molecule has 512 valence electrons. The van der Waals surface area contributed by atoms with Crippen LogP contribution >= 0.6 is 0 Å². The van der Waals surface area contributed by atoms with E-state index in [4.69, 9.17) is 8.83 Å². The topological polar surface area (TPSA) is 46.0 Å². The summed E-state index contributed by atoms with van der Waals surface area (Å²) in [6, 6.07) is 141. The van der Waals surface area contributed by atoms with E-state index < -0.39 is 0 Å². The Hall–Kier alpha value is -14.7. The molecule has 0 saturated carbocycles. The fourth-order valence-electron chi connectivity index (χ4n) is 18.0. The quantitative estimate of drug-likeness (QED) is 0.152. The lowest BCUT2D eigenvalue weighted by atomic mass is 9.99. The van der Waals surface area contributed by atoms with Gasteiger partial charge in [0.25, 0.3) is 0 Å². The molecule has 24 rings (SSSR count). The van der Waals surface area contributed by atoms with Crippen LogP contribution in [0.5, 0.6) is 0 Å². The molecule has 0 aliphatic heterocycles. The Labute approximate surface area is 631 Å². The zero-order chi connectivity index (χ0) is 72.1. The molecule has 0 N–H and O–H groups in total. The predicted molar refractivity (Wildman–Crippen MR) is 462 cm³/mol. The number of benzene rings is 18. The molecular formula is C104H64N4O2. The fourth-order valence-corrected chi connectivity index (χ4v) is 18.0. The van der Waals surface area contributed by atoms with Crippen LogP contribution in [0.15, 0.2) is 397 Å². The average molecular weight is 1400 g/mol. The summed E-state index contributed by atoms with van der Waals surface area (Å²) in [6.45, 7) is 0. The Morgan fingerprint density at radius 1 is 0.155 bits per heavy atom. The zero-order valence-electron chi connectivity index (χ0n) is 59.6. The van der Waals surface area contributed by atoms with Crippen molar-refractivity contribution in [2.75, 3.05) is 0 Å². The Bertz CT molecular complexity index is 7930. The van der Waals surface area contributed by atoms with Crippen molar-refractivity contribution >= 4 is 153 Å². The lowest BCUT2D eigenvalue weighted by molar-refractivity contribution is 0.668. The van der Waals surface area contributed by atoms with E-state index in [2.05, 4.69) is 382 Å². The molecule has 6 aromatic heterocycles. The van der Waals surface area contributed by atoms with Gasteiger partial charge in [-0.3, -0.25) is 0 Å². The van der Waals surface area contributed by atoms with Gasteiger partial charge in [0.05, 0.1) is 44.1 Å². The molecule has 6 nitrogen and oxygen atoms in total. The van der Waals surface area contributed by atoms with Crippen LogP contribution in [-0.2, 0) is 0 Å². The summed E-state index contributed by atoms with van der Waals surface area (Å²) in [4.78, 5) is 0. The van der Waals surface area contributed by atoms with Gasteiger partial charge in [0, 0.05) is 87.4 Å². The average Bonchev–Trinajstić information content (AvgIpc) is 1.60. The largest absolute Gasteiger partial charge is 0.456 e. The lowest BCUT2D eigenvalue weighted by Gasteiger charge is -2.11. The van der Waals surface area contributed by atoms with E-state index in [0.717, 1.165) is 60.8 Å². The van der Waals surface area contributed by atoms with Gasteiger partial charge < -0.3 is 27.1 Å². The SMILES string of the molecule is c1cc(-c2cccc3oc4ccccc4c23)cc(-n2c3ccccc3c3cc(-c4ccc5c(c4)c4ccccc4n5-c4ccc5ccccc5c4)ccc32)c1.c1ccc2cc(-n3c4ccccc4c4cc(-c5ccc6c(c5)c5ccccc5n6-c5ccc(-c6cccc7oc8ccccc8c67)cc5)ccc43)ccc2c1. The number of para-hydroxylation sites is 6. The van der Waals surface area contributed by atoms with Crippen LogP contribution in [0.4, 0.5) is 0 Å². The van der Waals surface area contributed by atoms with Crippen molar-refractivity contribution in [3.63, 3.8) is 0 Å².